The number of carbonyl (C=O) groups is 1. The van der Waals surface area contributed by atoms with Gasteiger partial charge in [0.15, 0.2) is 11.5 Å². The van der Waals surface area contributed by atoms with Crippen molar-refractivity contribution in [3.8, 4) is 0 Å². The maximum Gasteiger partial charge on any atom is 0.324 e. The van der Waals surface area contributed by atoms with Crippen LogP contribution in [0.4, 0.5) is 16.3 Å². The zero-order valence-electron chi connectivity index (χ0n) is 14.4. The van der Waals surface area contributed by atoms with Gasteiger partial charge in [-0.15, -0.1) is 0 Å². The highest BCUT2D eigenvalue weighted by molar-refractivity contribution is 5.93. The van der Waals surface area contributed by atoms with Crippen molar-refractivity contribution in [2.75, 3.05) is 43.0 Å². The highest BCUT2D eigenvalue weighted by atomic mass is 16.2. The molecule has 2 aliphatic heterocycles. The number of fused-ring (bicyclic) bond motifs is 1. The van der Waals surface area contributed by atoms with Crippen LogP contribution in [-0.4, -0.2) is 73.9 Å². The summed E-state index contributed by atoms with van der Waals surface area (Å²) in [5, 5.41) is 4.51. The minimum absolute atomic E-state index is 0.0280. The zero-order valence-corrected chi connectivity index (χ0v) is 14.4. The molecule has 3 aromatic rings. The molecule has 134 valence electrons. The first kappa shape index (κ1) is 15.1. The summed E-state index contributed by atoms with van der Waals surface area (Å²) in [5.41, 5.74) is 2.40. The lowest BCUT2D eigenvalue weighted by Crippen LogP contribution is -2.28. The Morgan fingerprint density at radius 3 is 2.96 bits per heavy atom. The molecule has 10 nitrogen and oxygen atoms in total. The van der Waals surface area contributed by atoms with Gasteiger partial charge < -0.3 is 14.8 Å². The normalized spacial score (nSPS) is 20.7. The number of hydrogen-bond acceptors (Lipinski definition) is 6. The van der Waals surface area contributed by atoms with Crippen molar-refractivity contribution in [3.05, 3.63) is 25.0 Å². The molecule has 0 bridgehead atoms. The van der Waals surface area contributed by atoms with Crippen LogP contribution in [-0.2, 0) is 0 Å². The third-order valence-corrected chi connectivity index (χ3v) is 5.16. The van der Waals surface area contributed by atoms with E-state index >= 15 is 0 Å². The third kappa shape index (κ3) is 2.29. The molecular formula is C16H19N9O. The molecule has 1 N–H and O–H groups in total. The van der Waals surface area contributed by atoms with Crippen molar-refractivity contribution < 1.29 is 4.79 Å². The molecule has 1 unspecified atom stereocenters. The highest BCUT2D eigenvalue weighted by Gasteiger charge is 2.30. The summed E-state index contributed by atoms with van der Waals surface area (Å²) in [4.78, 5) is 33.8. The van der Waals surface area contributed by atoms with Crippen molar-refractivity contribution in [3.63, 3.8) is 0 Å². The molecule has 0 saturated carbocycles. The topological polar surface area (TPSA) is 99.1 Å². The number of nitrogens with zero attached hydrogens (tertiary/aromatic N) is 8. The first-order valence-corrected chi connectivity index (χ1v) is 8.66. The predicted molar refractivity (Wildman–Crippen MR) is 95.1 cm³/mol. The molecule has 10 heteroatoms. The van der Waals surface area contributed by atoms with Crippen molar-refractivity contribution in [2.24, 2.45) is 0 Å². The van der Waals surface area contributed by atoms with E-state index in [9.17, 15) is 4.79 Å². The summed E-state index contributed by atoms with van der Waals surface area (Å²) in [6, 6.07) is 0.271. The fourth-order valence-corrected chi connectivity index (χ4v) is 3.70. The van der Waals surface area contributed by atoms with E-state index in [-0.39, 0.29) is 12.1 Å². The third-order valence-electron chi connectivity index (χ3n) is 5.16. The monoisotopic (exact) mass is 353 g/mol. The van der Waals surface area contributed by atoms with E-state index in [1.54, 1.807) is 28.7 Å². The van der Waals surface area contributed by atoms with Gasteiger partial charge in [-0.1, -0.05) is 0 Å². The first-order valence-electron chi connectivity index (χ1n) is 8.66. The summed E-state index contributed by atoms with van der Waals surface area (Å²) in [7, 11) is 1.82. The second-order valence-electron chi connectivity index (χ2n) is 6.72. The van der Waals surface area contributed by atoms with Crippen LogP contribution in [0.25, 0.3) is 11.2 Å². The summed E-state index contributed by atoms with van der Waals surface area (Å²) in [5.74, 6) is 0.874. The quantitative estimate of drug-likeness (QED) is 0.750. The number of likely N-dealkylation sites (N-methyl/N-ethyl adjacent to an activating group) is 1. The number of H-pyrrole nitrogens is 1. The smallest absolute Gasteiger partial charge is 0.324 e. The highest BCUT2D eigenvalue weighted by Crippen LogP contribution is 2.29. The van der Waals surface area contributed by atoms with Gasteiger partial charge in [0.1, 0.15) is 11.8 Å². The molecule has 0 aliphatic carbocycles. The van der Waals surface area contributed by atoms with E-state index in [4.69, 9.17) is 0 Å². The van der Waals surface area contributed by atoms with E-state index in [1.165, 1.54) is 0 Å². The van der Waals surface area contributed by atoms with E-state index in [1.807, 2.05) is 17.9 Å². The van der Waals surface area contributed by atoms with Crippen molar-refractivity contribution >= 4 is 28.7 Å². The Bertz CT molecular complexity index is 963. The maximum atomic E-state index is 12.2. The van der Waals surface area contributed by atoms with E-state index < -0.39 is 0 Å². The van der Waals surface area contributed by atoms with Gasteiger partial charge in [0, 0.05) is 39.4 Å². The Kier molecular flexibility index (Phi) is 3.30. The molecule has 26 heavy (non-hydrogen) atoms. The summed E-state index contributed by atoms with van der Waals surface area (Å²) in [6.45, 7) is 3.14. The second-order valence-corrected chi connectivity index (χ2v) is 6.72. The number of aromatic amines is 1. The number of urea groups is 1. The standard InChI is InChI=1S/C16H19N9O/c1-22-4-5-24(16(22)26)12-6-21-25(8-12)11-2-3-23(7-11)15-13-14(18-9-17-13)19-10-20-15/h6,8-11H,2-5,7H2,1H3,(H,17,18,19,20). The Balaban J connectivity index is 1.35. The number of rotatable bonds is 3. The molecule has 3 aromatic heterocycles. The van der Waals surface area contributed by atoms with Crippen molar-refractivity contribution in [2.45, 2.75) is 12.5 Å². The Morgan fingerprint density at radius 2 is 2.12 bits per heavy atom. The molecule has 0 radical (unpaired) electrons. The van der Waals surface area contributed by atoms with Crippen LogP contribution >= 0.6 is 0 Å². The van der Waals surface area contributed by atoms with Crippen LogP contribution in [0, 0.1) is 0 Å². The van der Waals surface area contributed by atoms with Gasteiger partial charge in [-0.3, -0.25) is 9.58 Å². The van der Waals surface area contributed by atoms with Gasteiger partial charge in [-0.25, -0.2) is 19.7 Å². The minimum atomic E-state index is 0.0280. The average molecular weight is 353 g/mol. The lowest BCUT2D eigenvalue weighted by atomic mass is 10.3. The minimum Gasteiger partial charge on any atom is -0.352 e. The van der Waals surface area contributed by atoms with E-state index in [0.717, 1.165) is 43.1 Å². The molecule has 0 aromatic carbocycles. The van der Waals surface area contributed by atoms with E-state index in [0.29, 0.717) is 12.2 Å². The van der Waals surface area contributed by atoms with Crippen LogP contribution in [0.3, 0.4) is 0 Å². The van der Waals surface area contributed by atoms with Crippen LogP contribution in [0.1, 0.15) is 12.5 Å². The fraction of sp³-hybridized carbons (Fsp3) is 0.438. The lowest BCUT2D eigenvalue weighted by molar-refractivity contribution is 0.229. The van der Waals surface area contributed by atoms with Gasteiger partial charge in [-0.05, 0) is 6.42 Å². The number of aromatic nitrogens is 6. The van der Waals surface area contributed by atoms with Crippen LogP contribution in [0.15, 0.2) is 25.0 Å². The van der Waals surface area contributed by atoms with Crippen molar-refractivity contribution in [1.82, 2.24) is 34.6 Å². The number of amides is 2. The summed E-state index contributed by atoms with van der Waals surface area (Å²) < 4.78 is 1.96. The Morgan fingerprint density at radius 1 is 1.19 bits per heavy atom. The molecule has 5 rings (SSSR count). The first-order chi connectivity index (χ1) is 12.7. The second kappa shape index (κ2) is 5.68. The Labute approximate surface area is 149 Å². The average Bonchev–Trinajstić information content (AvgIpc) is 3.42. The molecule has 2 aliphatic rings. The number of carbonyl (C=O) groups excluding carboxylic acids is 1. The summed E-state index contributed by atoms with van der Waals surface area (Å²) in [6.07, 6.45) is 7.90. The SMILES string of the molecule is CN1CCN(c2cnn(C3CCN(c4ncnc5nc[nH]c45)C3)c2)C1=O. The number of imidazole rings is 1. The van der Waals surface area contributed by atoms with Gasteiger partial charge >= 0.3 is 6.03 Å². The molecule has 2 saturated heterocycles. The molecule has 1 atom stereocenters. The maximum absolute atomic E-state index is 12.2. The fourth-order valence-electron chi connectivity index (χ4n) is 3.70. The molecular weight excluding hydrogens is 334 g/mol. The van der Waals surface area contributed by atoms with Crippen LogP contribution in [0.2, 0.25) is 0 Å². The Hall–Kier alpha value is -3.17. The van der Waals surface area contributed by atoms with Gasteiger partial charge in [-0.2, -0.15) is 5.10 Å². The predicted octanol–water partition coefficient (Wildman–Crippen LogP) is 0.873. The zero-order chi connectivity index (χ0) is 17.7. The van der Waals surface area contributed by atoms with Crippen LogP contribution < -0.4 is 9.80 Å². The number of nitrogens with one attached hydrogen (secondary N) is 1. The van der Waals surface area contributed by atoms with Crippen LogP contribution in [0.5, 0.6) is 0 Å². The molecule has 5 heterocycles. The van der Waals surface area contributed by atoms with Gasteiger partial charge in [0.05, 0.1) is 24.3 Å². The molecule has 2 amide bonds. The number of anilines is 2. The van der Waals surface area contributed by atoms with Gasteiger partial charge in [0.25, 0.3) is 0 Å². The largest absolute Gasteiger partial charge is 0.352 e. The van der Waals surface area contributed by atoms with Gasteiger partial charge in [0.2, 0.25) is 0 Å². The summed E-state index contributed by atoms with van der Waals surface area (Å²) >= 11 is 0. The lowest BCUT2D eigenvalue weighted by Gasteiger charge is -2.18. The van der Waals surface area contributed by atoms with E-state index in [2.05, 4.69) is 29.9 Å². The van der Waals surface area contributed by atoms with Crippen molar-refractivity contribution in [1.29, 1.82) is 0 Å². The molecule has 0 spiro atoms. The molecule has 2 fully saturated rings. The number of hydrogen-bond donors (Lipinski definition) is 1.